The van der Waals surface area contributed by atoms with E-state index in [1.807, 2.05) is 23.1 Å². The van der Waals surface area contributed by atoms with Crippen LogP contribution in [0.15, 0.2) is 42.5 Å². The van der Waals surface area contributed by atoms with Crippen LogP contribution in [0.25, 0.3) is 0 Å². The van der Waals surface area contributed by atoms with Crippen LogP contribution < -0.4 is 10.2 Å². The molecule has 2 heterocycles. The van der Waals surface area contributed by atoms with Gasteiger partial charge in [-0.15, -0.1) is 0 Å². The van der Waals surface area contributed by atoms with Gasteiger partial charge in [-0.2, -0.15) is 0 Å². The number of hydrogen-bond acceptors (Lipinski definition) is 4. The molecular formula is C24H29N3O3. The van der Waals surface area contributed by atoms with Crippen LogP contribution in [0.3, 0.4) is 0 Å². The van der Waals surface area contributed by atoms with Gasteiger partial charge in [-0.3, -0.25) is 0 Å². The third-order valence-corrected chi connectivity index (χ3v) is 6.17. The fourth-order valence-corrected chi connectivity index (χ4v) is 4.60. The molecule has 2 saturated heterocycles. The number of nitrogens with zero attached hydrogens (tertiary/aromatic N) is 2. The second-order valence-corrected chi connectivity index (χ2v) is 8.06. The van der Waals surface area contributed by atoms with Gasteiger partial charge in [-0.1, -0.05) is 24.3 Å². The highest BCUT2D eigenvalue weighted by Gasteiger charge is 2.31. The van der Waals surface area contributed by atoms with Crippen molar-refractivity contribution < 1.29 is 14.3 Å². The molecule has 2 aliphatic rings. The molecule has 158 valence electrons. The Labute approximate surface area is 177 Å². The normalized spacial score (nSPS) is 18.5. The number of benzene rings is 2. The van der Waals surface area contributed by atoms with Crippen LogP contribution in [0.1, 0.15) is 53.2 Å². The van der Waals surface area contributed by atoms with Gasteiger partial charge in [0, 0.05) is 19.6 Å². The minimum absolute atomic E-state index is 0.0743. The molecule has 2 amide bonds. The average molecular weight is 408 g/mol. The second-order valence-electron chi connectivity index (χ2n) is 8.06. The number of hydrogen-bond donors (Lipinski definition) is 1. The molecule has 0 bridgehead atoms. The summed E-state index contributed by atoms with van der Waals surface area (Å²) in [6.07, 6.45) is 4.20. The standard InChI is InChI=1S/C24H29N3O3/c1-17-8-3-4-9-19(17)21-10-7-15-27(21)24(29)25-20-16-18(23(28)30-2)11-12-22(20)26-13-5-6-14-26/h3-4,8-9,11-12,16,21H,5-7,10,13-15H2,1-2H3,(H,25,29)/t21-/m1/s1. The van der Waals surface area contributed by atoms with Crippen LogP contribution in [0.4, 0.5) is 16.2 Å². The lowest BCUT2D eigenvalue weighted by molar-refractivity contribution is 0.0600. The van der Waals surface area contributed by atoms with Gasteiger partial charge >= 0.3 is 12.0 Å². The molecule has 2 aromatic rings. The Balaban J connectivity index is 1.61. The summed E-state index contributed by atoms with van der Waals surface area (Å²) in [5, 5.41) is 3.11. The van der Waals surface area contributed by atoms with Gasteiger partial charge in [0.2, 0.25) is 0 Å². The zero-order valence-electron chi connectivity index (χ0n) is 17.7. The number of methoxy groups -OCH3 is 1. The Kier molecular flexibility index (Phi) is 5.93. The largest absolute Gasteiger partial charge is 0.465 e. The fourth-order valence-electron chi connectivity index (χ4n) is 4.60. The van der Waals surface area contributed by atoms with E-state index < -0.39 is 5.97 Å². The molecule has 1 atom stereocenters. The van der Waals surface area contributed by atoms with Gasteiger partial charge in [-0.25, -0.2) is 9.59 Å². The smallest absolute Gasteiger partial charge is 0.337 e. The van der Waals surface area contributed by atoms with Crippen molar-refractivity contribution in [3.05, 3.63) is 59.2 Å². The summed E-state index contributed by atoms with van der Waals surface area (Å²) in [4.78, 5) is 29.5. The topological polar surface area (TPSA) is 61.9 Å². The number of nitrogens with one attached hydrogen (secondary N) is 1. The highest BCUT2D eigenvalue weighted by Crippen LogP contribution is 2.35. The predicted molar refractivity (Wildman–Crippen MR) is 118 cm³/mol. The minimum Gasteiger partial charge on any atom is -0.465 e. The van der Waals surface area contributed by atoms with Crippen molar-refractivity contribution in [1.82, 2.24) is 4.90 Å². The highest BCUT2D eigenvalue weighted by molar-refractivity contribution is 5.97. The second kappa shape index (κ2) is 8.78. The van der Waals surface area contributed by atoms with Crippen LogP contribution in [0, 0.1) is 6.92 Å². The highest BCUT2D eigenvalue weighted by atomic mass is 16.5. The van der Waals surface area contributed by atoms with E-state index in [0.29, 0.717) is 11.3 Å². The van der Waals surface area contributed by atoms with E-state index in [4.69, 9.17) is 4.74 Å². The molecule has 2 aliphatic heterocycles. The van der Waals surface area contributed by atoms with E-state index in [-0.39, 0.29) is 12.1 Å². The molecule has 0 aromatic heterocycles. The molecule has 2 aromatic carbocycles. The van der Waals surface area contributed by atoms with Crippen molar-refractivity contribution in [3.63, 3.8) is 0 Å². The van der Waals surface area contributed by atoms with Gasteiger partial charge in [0.05, 0.1) is 30.1 Å². The van der Waals surface area contributed by atoms with E-state index in [1.165, 1.54) is 18.2 Å². The number of carbonyl (C=O) groups is 2. The molecule has 0 unspecified atom stereocenters. The zero-order chi connectivity index (χ0) is 21.1. The molecule has 6 heteroatoms. The molecule has 0 radical (unpaired) electrons. The first kappa shape index (κ1) is 20.3. The lowest BCUT2D eigenvalue weighted by Gasteiger charge is -2.28. The number of amides is 2. The summed E-state index contributed by atoms with van der Waals surface area (Å²) in [6, 6.07) is 13.6. The van der Waals surface area contributed by atoms with Crippen LogP contribution in [0.2, 0.25) is 0 Å². The monoisotopic (exact) mass is 407 g/mol. The Hall–Kier alpha value is -3.02. The minimum atomic E-state index is -0.405. The van der Waals surface area contributed by atoms with Crippen LogP contribution in [0.5, 0.6) is 0 Å². The third kappa shape index (κ3) is 3.99. The van der Waals surface area contributed by atoms with Gasteiger partial charge < -0.3 is 19.9 Å². The lowest BCUT2D eigenvalue weighted by atomic mass is 9.99. The zero-order valence-corrected chi connectivity index (χ0v) is 17.7. The number of likely N-dealkylation sites (tertiary alicyclic amines) is 1. The third-order valence-electron chi connectivity index (χ3n) is 6.17. The molecule has 0 aliphatic carbocycles. The van der Waals surface area contributed by atoms with E-state index in [2.05, 4.69) is 29.3 Å². The van der Waals surface area contributed by atoms with Crippen molar-refractivity contribution >= 4 is 23.4 Å². The van der Waals surface area contributed by atoms with Gasteiger partial charge in [-0.05, 0) is 61.9 Å². The first-order valence-electron chi connectivity index (χ1n) is 10.7. The quantitative estimate of drug-likeness (QED) is 0.743. The van der Waals surface area contributed by atoms with Gasteiger partial charge in [0.25, 0.3) is 0 Å². The molecule has 2 fully saturated rings. The van der Waals surface area contributed by atoms with E-state index in [0.717, 1.165) is 51.0 Å². The maximum Gasteiger partial charge on any atom is 0.337 e. The molecule has 4 rings (SSSR count). The molecule has 1 N–H and O–H groups in total. The summed E-state index contributed by atoms with van der Waals surface area (Å²) in [6.45, 7) is 4.72. The van der Waals surface area contributed by atoms with Gasteiger partial charge in [0.1, 0.15) is 0 Å². The number of esters is 1. The van der Waals surface area contributed by atoms with Crippen molar-refractivity contribution in [1.29, 1.82) is 0 Å². The first-order valence-corrected chi connectivity index (χ1v) is 10.7. The summed E-state index contributed by atoms with van der Waals surface area (Å²) >= 11 is 0. The van der Waals surface area contributed by atoms with E-state index >= 15 is 0 Å². The van der Waals surface area contributed by atoms with Crippen molar-refractivity contribution in [3.8, 4) is 0 Å². The fraction of sp³-hybridized carbons (Fsp3) is 0.417. The number of rotatable bonds is 4. The Bertz CT molecular complexity index is 937. The summed E-state index contributed by atoms with van der Waals surface area (Å²) in [5.41, 5.74) is 4.47. The first-order chi connectivity index (χ1) is 14.6. The van der Waals surface area contributed by atoms with E-state index in [1.54, 1.807) is 12.1 Å². The van der Waals surface area contributed by atoms with Crippen LogP contribution >= 0.6 is 0 Å². The molecule has 0 spiro atoms. The number of carbonyl (C=O) groups excluding carboxylic acids is 2. The Morgan fingerprint density at radius 2 is 1.80 bits per heavy atom. The lowest BCUT2D eigenvalue weighted by Crippen LogP contribution is -2.35. The molecule has 30 heavy (non-hydrogen) atoms. The van der Waals surface area contributed by atoms with Crippen molar-refractivity contribution in [2.45, 2.75) is 38.6 Å². The van der Waals surface area contributed by atoms with Crippen LogP contribution in [-0.2, 0) is 4.74 Å². The van der Waals surface area contributed by atoms with E-state index in [9.17, 15) is 9.59 Å². The average Bonchev–Trinajstić information content (AvgIpc) is 3.45. The SMILES string of the molecule is COC(=O)c1ccc(N2CCCC2)c(NC(=O)N2CCC[C@@H]2c2ccccc2C)c1. The van der Waals surface area contributed by atoms with Crippen molar-refractivity contribution in [2.75, 3.05) is 37.0 Å². The maximum absolute atomic E-state index is 13.3. The number of ether oxygens (including phenoxy) is 1. The summed E-state index contributed by atoms with van der Waals surface area (Å²) in [5.74, 6) is -0.405. The summed E-state index contributed by atoms with van der Waals surface area (Å²) < 4.78 is 4.87. The number of aryl methyl sites for hydroxylation is 1. The maximum atomic E-state index is 13.3. The molecule has 6 nitrogen and oxygen atoms in total. The van der Waals surface area contributed by atoms with Crippen LogP contribution in [-0.4, -0.2) is 43.6 Å². The molecule has 0 saturated carbocycles. The van der Waals surface area contributed by atoms with Crippen molar-refractivity contribution in [2.24, 2.45) is 0 Å². The Morgan fingerprint density at radius 3 is 2.53 bits per heavy atom. The van der Waals surface area contributed by atoms with Gasteiger partial charge in [0.15, 0.2) is 0 Å². The number of anilines is 2. The Morgan fingerprint density at radius 1 is 1.03 bits per heavy atom. The predicted octanol–water partition coefficient (Wildman–Crippen LogP) is 4.75. The molecular weight excluding hydrogens is 378 g/mol. The number of urea groups is 1. The summed E-state index contributed by atoms with van der Waals surface area (Å²) in [7, 11) is 1.37.